The third kappa shape index (κ3) is 5.22. The van der Waals surface area contributed by atoms with Crippen molar-refractivity contribution in [1.29, 1.82) is 0 Å². The van der Waals surface area contributed by atoms with Gasteiger partial charge in [0.2, 0.25) is 0 Å². The molecule has 26 heavy (non-hydrogen) atoms. The molecule has 0 radical (unpaired) electrons. The van der Waals surface area contributed by atoms with Gasteiger partial charge in [-0.25, -0.2) is 9.59 Å². The van der Waals surface area contributed by atoms with Crippen LogP contribution in [0, 0.1) is 0 Å². The summed E-state index contributed by atoms with van der Waals surface area (Å²) in [6, 6.07) is 10.6. The Kier molecular flexibility index (Phi) is 6.99. The van der Waals surface area contributed by atoms with Crippen LogP contribution in [0.25, 0.3) is 10.8 Å². The van der Waals surface area contributed by atoms with E-state index < -0.39 is 12.1 Å². The minimum absolute atomic E-state index is 0.0233. The van der Waals surface area contributed by atoms with Gasteiger partial charge in [0, 0.05) is 16.3 Å². The molecule has 1 amide bonds. The molecule has 0 spiro atoms. The molecule has 0 aliphatic heterocycles. The van der Waals surface area contributed by atoms with Gasteiger partial charge in [0.05, 0.1) is 13.2 Å². The average Bonchev–Trinajstić information content (AvgIpc) is 2.64. The predicted octanol–water partition coefficient (Wildman–Crippen LogP) is 2.42. The number of hydrogen-bond acceptors (Lipinski definition) is 6. The summed E-state index contributed by atoms with van der Waals surface area (Å²) in [6.45, 7) is 5.24. The van der Waals surface area contributed by atoms with Gasteiger partial charge in [0.15, 0.2) is 0 Å². The number of carbonyl (C=O) groups excluding carboxylic acids is 2. The maximum Gasteiger partial charge on any atom is 0.412 e. The molecule has 0 heterocycles. The number of ether oxygens (including phenoxy) is 3. The van der Waals surface area contributed by atoms with Crippen LogP contribution in [0.2, 0.25) is 0 Å². The van der Waals surface area contributed by atoms with E-state index in [0.29, 0.717) is 22.5 Å². The summed E-state index contributed by atoms with van der Waals surface area (Å²) in [6.07, 6.45) is -0.662. The zero-order chi connectivity index (χ0) is 18.9. The van der Waals surface area contributed by atoms with Crippen LogP contribution in [-0.2, 0) is 9.53 Å². The number of rotatable bonds is 8. The van der Waals surface area contributed by atoms with Crippen LogP contribution in [0.1, 0.15) is 6.92 Å². The lowest BCUT2D eigenvalue weighted by molar-refractivity contribution is -0.138. The highest BCUT2D eigenvalue weighted by atomic mass is 16.6. The normalized spacial score (nSPS) is 10.2. The Morgan fingerprint density at radius 2 is 1.73 bits per heavy atom. The molecule has 2 aromatic carbocycles. The van der Waals surface area contributed by atoms with Crippen molar-refractivity contribution in [1.82, 2.24) is 5.32 Å². The monoisotopic (exact) mass is 359 g/mol. The Labute approximate surface area is 151 Å². The number of nitrogens with one attached hydrogen (secondary N) is 1. The number of esters is 1. The SMILES string of the molecule is C=C(C)C(=O)OCCNC(=O)Oc1ccc(OCCO)c2ccccc12. The van der Waals surface area contributed by atoms with E-state index >= 15 is 0 Å². The number of aliphatic hydroxyl groups excluding tert-OH is 1. The fraction of sp³-hybridized carbons (Fsp3) is 0.263. The first-order valence-electron chi connectivity index (χ1n) is 8.06. The number of carbonyl (C=O) groups is 2. The number of fused-ring (bicyclic) bond motifs is 1. The molecule has 0 aliphatic rings. The van der Waals surface area contributed by atoms with Crippen LogP contribution in [-0.4, -0.2) is 43.5 Å². The first-order valence-corrected chi connectivity index (χ1v) is 8.06. The summed E-state index contributed by atoms with van der Waals surface area (Å²) >= 11 is 0. The van der Waals surface area contributed by atoms with Crippen molar-refractivity contribution in [3.05, 3.63) is 48.6 Å². The molecular formula is C19H21NO6. The van der Waals surface area contributed by atoms with Crippen molar-refractivity contribution in [2.75, 3.05) is 26.4 Å². The highest BCUT2D eigenvalue weighted by Gasteiger charge is 2.11. The van der Waals surface area contributed by atoms with E-state index in [1.807, 2.05) is 18.2 Å². The lowest BCUT2D eigenvalue weighted by atomic mass is 10.1. The van der Waals surface area contributed by atoms with Crippen LogP contribution < -0.4 is 14.8 Å². The van der Waals surface area contributed by atoms with E-state index in [9.17, 15) is 9.59 Å². The van der Waals surface area contributed by atoms with Crippen molar-refractivity contribution in [3.8, 4) is 11.5 Å². The smallest absolute Gasteiger partial charge is 0.412 e. The van der Waals surface area contributed by atoms with Gasteiger partial charge in [-0.1, -0.05) is 30.8 Å². The third-order valence-electron chi connectivity index (χ3n) is 3.35. The molecule has 0 aliphatic carbocycles. The summed E-state index contributed by atoms with van der Waals surface area (Å²) < 4.78 is 15.7. The van der Waals surface area contributed by atoms with E-state index in [1.54, 1.807) is 25.1 Å². The molecule has 0 saturated carbocycles. The van der Waals surface area contributed by atoms with Gasteiger partial charge in [-0.15, -0.1) is 0 Å². The van der Waals surface area contributed by atoms with Gasteiger partial charge in [-0.05, 0) is 19.1 Å². The molecule has 2 rings (SSSR count). The van der Waals surface area contributed by atoms with Gasteiger partial charge < -0.3 is 24.6 Å². The van der Waals surface area contributed by atoms with Crippen molar-refractivity contribution in [2.24, 2.45) is 0 Å². The minimum Gasteiger partial charge on any atom is -0.491 e. The molecule has 0 saturated heterocycles. The molecule has 7 heteroatoms. The molecule has 0 fully saturated rings. The number of benzene rings is 2. The maximum absolute atomic E-state index is 11.9. The quantitative estimate of drug-likeness (QED) is 0.427. The van der Waals surface area contributed by atoms with Crippen molar-refractivity contribution >= 4 is 22.8 Å². The van der Waals surface area contributed by atoms with Crippen molar-refractivity contribution < 1.29 is 28.9 Å². The van der Waals surface area contributed by atoms with E-state index in [0.717, 1.165) is 5.39 Å². The number of aliphatic hydroxyl groups is 1. The van der Waals surface area contributed by atoms with Crippen LogP contribution in [0.15, 0.2) is 48.6 Å². The summed E-state index contributed by atoms with van der Waals surface area (Å²) in [5, 5.41) is 12.9. The number of amides is 1. The average molecular weight is 359 g/mol. The fourth-order valence-electron chi connectivity index (χ4n) is 2.17. The van der Waals surface area contributed by atoms with Crippen LogP contribution in [0.4, 0.5) is 4.79 Å². The third-order valence-corrected chi connectivity index (χ3v) is 3.35. The molecule has 2 N–H and O–H groups in total. The van der Waals surface area contributed by atoms with E-state index in [-0.39, 0.29) is 26.4 Å². The molecular weight excluding hydrogens is 338 g/mol. The highest BCUT2D eigenvalue weighted by Crippen LogP contribution is 2.33. The Morgan fingerprint density at radius 1 is 1.08 bits per heavy atom. The van der Waals surface area contributed by atoms with E-state index in [2.05, 4.69) is 11.9 Å². The predicted molar refractivity (Wildman–Crippen MR) is 96.3 cm³/mol. The summed E-state index contributed by atoms with van der Waals surface area (Å²) in [5.41, 5.74) is 0.294. The van der Waals surface area contributed by atoms with E-state index in [4.69, 9.17) is 19.3 Å². The minimum atomic E-state index is -0.662. The zero-order valence-corrected chi connectivity index (χ0v) is 14.5. The van der Waals surface area contributed by atoms with Crippen LogP contribution in [0.5, 0.6) is 11.5 Å². The molecule has 138 valence electrons. The molecule has 7 nitrogen and oxygen atoms in total. The first kappa shape index (κ1) is 19.3. The summed E-state index contributed by atoms with van der Waals surface area (Å²) in [5.74, 6) is 0.451. The largest absolute Gasteiger partial charge is 0.491 e. The van der Waals surface area contributed by atoms with Gasteiger partial charge in [-0.3, -0.25) is 0 Å². The first-order chi connectivity index (χ1) is 12.5. The molecule has 0 unspecified atom stereocenters. The van der Waals surface area contributed by atoms with Crippen molar-refractivity contribution in [3.63, 3.8) is 0 Å². The van der Waals surface area contributed by atoms with E-state index in [1.165, 1.54) is 0 Å². The van der Waals surface area contributed by atoms with Gasteiger partial charge in [-0.2, -0.15) is 0 Å². The second-order valence-corrected chi connectivity index (χ2v) is 5.41. The van der Waals surface area contributed by atoms with Gasteiger partial charge >= 0.3 is 12.1 Å². The highest BCUT2D eigenvalue weighted by molar-refractivity contribution is 5.94. The maximum atomic E-state index is 11.9. The Balaban J connectivity index is 1.98. The molecule has 0 bridgehead atoms. The number of hydrogen-bond donors (Lipinski definition) is 2. The zero-order valence-electron chi connectivity index (χ0n) is 14.5. The summed E-state index contributed by atoms with van der Waals surface area (Å²) in [7, 11) is 0. The van der Waals surface area contributed by atoms with Crippen molar-refractivity contribution in [2.45, 2.75) is 6.92 Å². The lowest BCUT2D eigenvalue weighted by Crippen LogP contribution is -2.30. The van der Waals surface area contributed by atoms with Gasteiger partial charge in [0.25, 0.3) is 0 Å². The Bertz CT molecular complexity index is 802. The fourth-order valence-corrected chi connectivity index (χ4v) is 2.17. The van der Waals surface area contributed by atoms with Gasteiger partial charge in [0.1, 0.15) is 24.7 Å². The molecule has 2 aromatic rings. The molecule has 0 atom stereocenters. The topological polar surface area (TPSA) is 94.1 Å². The standard InChI is InChI=1S/C19H21NO6/c1-13(2)18(22)25-11-9-20-19(23)26-17-8-7-16(24-12-10-21)14-5-3-4-6-15(14)17/h3-8,21H,1,9-12H2,2H3,(H,20,23). The molecule has 0 aromatic heterocycles. The second-order valence-electron chi connectivity index (χ2n) is 5.41. The Hall–Kier alpha value is -3.06. The van der Waals surface area contributed by atoms with Crippen LogP contribution >= 0.6 is 0 Å². The van der Waals surface area contributed by atoms with Crippen LogP contribution in [0.3, 0.4) is 0 Å². The summed E-state index contributed by atoms with van der Waals surface area (Å²) in [4.78, 5) is 23.2. The second kappa shape index (κ2) is 9.43. The Morgan fingerprint density at radius 3 is 2.38 bits per heavy atom. The lowest BCUT2D eigenvalue weighted by Gasteiger charge is -2.12.